The second kappa shape index (κ2) is 13.6. The molecular formula is C25H31N7O8S3. The largest absolute Gasteiger partial charge is 0.462 e. The second-order valence-corrected chi connectivity index (χ2v) is 14.4. The summed E-state index contributed by atoms with van der Waals surface area (Å²) < 4.78 is 89.1. The standard InChI is InChI=1S/C25H31N7O8S3/c1-5-6-17-40-23(33)19-11-7-8-12-20(19)42(36,37)30-32(25-27-16-15-18(2)28-25)24(26)29-41(34,35)21-13-9-10-14-22(21)43(38,39)31(3)4/h7-16,30H,5-6,17H2,1-4H3,(H2,26,29). The molecule has 0 radical (unpaired) electrons. The topological polar surface area (TPSA) is 211 Å². The van der Waals surface area contributed by atoms with E-state index in [2.05, 4.69) is 19.2 Å². The molecule has 3 N–H and O–H groups in total. The molecule has 18 heteroatoms. The summed E-state index contributed by atoms with van der Waals surface area (Å²) >= 11 is 0. The minimum Gasteiger partial charge on any atom is -0.462 e. The molecule has 0 unspecified atom stereocenters. The van der Waals surface area contributed by atoms with Crippen molar-refractivity contribution in [3.8, 4) is 0 Å². The molecule has 0 aliphatic rings. The highest BCUT2D eigenvalue weighted by atomic mass is 32.2. The van der Waals surface area contributed by atoms with Crippen molar-refractivity contribution in [1.29, 1.82) is 0 Å². The number of unbranched alkanes of at least 4 members (excludes halogenated alkanes) is 1. The SMILES string of the molecule is CCCCOC(=O)c1ccccc1S(=O)(=O)NN(C(N)=NS(=O)(=O)c1ccccc1S(=O)(=O)N(C)C)c1nccc(C)n1. The number of hydrazine groups is 1. The van der Waals surface area contributed by atoms with Crippen molar-refractivity contribution in [2.24, 2.45) is 10.1 Å². The number of anilines is 1. The number of benzene rings is 2. The minimum atomic E-state index is -4.87. The van der Waals surface area contributed by atoms with E-state index in [1.165, 1.54) is 56.7 Å². The Balaban J connectivity index is 2.13. The van der Waals surface area contributed by atoms with Gasteiger partial charge in [-0.2, -0.15) is 13.4 Å². The van der Waals surface area contributed by atoms with Crippen LogP contribution in [0, 0.1) is 6.92 Å². The molecule has 0 saturated heterocycles. The predicted molar refractivity (Wildman–Crippen MR) is 157 cm³/mol. The van der Waals surface area contributed by atoms with E-state index in [9.17, 15) is 30.0 Å². The fourth-order valence-corrected chi connectivity index (χ4v) is 7.26. The zero-order valence-electron chi connectivity index (χ0n) is 23.7. The Kier molecular flexibility index (Phi) is 10.6. The fourth-order valence-electron chi connectivity index (χ4n) is 3.45. The number of hydrogen-bond donors (Lipinski definition) is 2. The molecule has 0 aliphatic carbocycles. The van der Waals surface area contributed by atoms with Gasteiger partial charge in [0.25, 0.3) is 20.0 Å². The average molecular weight is 654 g/mol. The predicted octanol–water partition coefficient (Wildman–Crippen LogP) is 1.40. The van der Waals surface area contributed by atoms with Gasteiger partial charge < -0.3 is 10.5 Å². The van der Waals surface area contributed by atoms with E-state index < -0.39 is 62.6 Å². The van der Waals surface area contributed by atoms with Gasteiger partial charge in [-0.1, -0.05) is 37.6 Å². The molecule has 0 aliphatic heterocycles. The molecular weight excluding hydrogens is 623 g/mol. The van der Waals surface area contributed by atoms with Crippen LogP contribution in [0.4, 0.5) is 5.95 Å². The van der Waals surface area contributed by atoms with Gasteiger partial charge in [-0.05, 0) is 43.7 Å². The number of rotatable bonds is 12. The van der Waals surface area contributed by atoms with Crippen molar-refractivity contribution in [2.45, 2.75) is 41.4 Å². The Morgan fingerprint density at radius 1 is 0.953 bits per heavy atom. The van der Waals surface area contributed by atoms with Crippen LogP contribution in [0.1, 0.15) is 35.8 Å². The maximum atomic E-state index is 13.6. The van der Waals surface area contributed by atoms with Crippen molar-refractivity contribution in [3.05, 3.63) is 72.1 Å². The first kappa shape index (κ1) is 33.5. The van der Waals surface area contributed by atoms with Crippen LogP contribution in [0.15, 0.2) is 79.9 Å². The normalized spacial score (nSPS) is 12.7. The number of nitrogens with one attached hydrogen (secondary N) is 1. The molecule has 0 fully saturated rings. The minimum absolute atomic E-state index is 0.0723. The number of carbonyl (C=O) groups is 1. The van der Waals surface area contributed by atoms with Gasteiger partial charge in [0.1, 0.15) is 9.79 Å². The highest BCUT2D eigenvalue weighted by Gasteiger charge is 2.31. The Hall–Kier alpha value is -3.97. The summed E-state index contributed by atoms with van der Waals surface area (Å²) in [6.07, 6.45) is 2.57. The third-order valence-electron chi connectivity index (χ3n) is 5.65. The van der Waals surface area contributed by atoms with Crippen LogP contribution in [0.25, 0.3) is 0 Å². The monoisotopic (exact) mass is 653 g/mol. The first-order valence-electron chi connectivity index (χ1n) is 12.6. The van der Waals surface area contributed by atoms with Crippen LogP contribution < -0.4 is 15.6 Å². The first-order valence-corrected chi connectivity index (χ1v) is 17.0. The van der Waals surface area contributed by atoms with Gasteiger partial charge in [-0.3, -0.25) is 0 Å². The maximum absolute atomic E-state index is 13.6. The lowest BCUT2D eigenvalue weighted by atomic mass is 10.2. The van der Waals surface area contributed by atoms with Crippen LogP contribution in [-0.4, -0.2) is 72.2 Å². The molecule has 43 heavy (non-hydrogen) atoms. The summed E-state index contributed by atoms with van der Waals surface area (Å²) in [5.74, 6) is -2.29. The lowest BCUT2D eigenvalue weighted by Gasteiger charge is -2.22. The number of nitrogens with two attached hydrogens (primary N) is 1. The van der Waals surface area contributed by atoms with Crippen LogP contribution >= 0.6 is 0 Å². The van der Waals surface area contributed by atoms with E-state index >= 15 is 0 Å². The molecule has 1 aromatic heterocycles. The van der Waals surface area contributed by atoms with E-state index in [1.54, 1.807) is 6.92 Å². The molecule has 0 bridgehead atoms. The number of guanidine groups is 1. The molecule has 3 rings (SSSR count). The summed E-state index contributed by atoms with van der Waals surface area (Å²) in [6, 6.07) is 11.4. The van der Waals surface area contributed by atoms with Gasteiger partial charge in [0.2, 0.25) is 21.9 Å². The number of hydrogen-bond acceptors (Lipinski definition) is 10. The van der Waals surface area contributed by atoms with E-state index in [4.69, 9.17) is 10.5 Å². The number of esters is 1. The van der Waals surface area contributed by atoms with E-state index in [1.807, 2.05) is 6.92 Å². The molecule has 0 amide bonds. The first-order chi connectivity index (χ1) is 20.1. The summed E-state index contributed by atoms with van der Waals surface area (Å²) in [7, 11) is -11.4. The number of aryl methyl sites for hydroxylation is 1. The smallest absolute Gasteiger partial charge is 0.339 e. The highest BCUT2D eigenvalue weighted by Crippen LogP contribution is 2.25. The number of carbonyl (C=O) groups excluding carboxylic acids is 1. The number of ether oxygens (including phenoxy) is 1. The van der Waals surface area contributed by atoms with Crippen molar-refractivity contribution in [1.82, 2.24) is 19.1 Å². The van der Waals surface area contributed by atoms with Crippen molar-refractivity contribution in [3.63, 3.8) is 0 Å². The molecule has 0 atom stereocenters. The van der Waals surface area contributed by atoms with Crippen molar-refractivity contribution < 1.29 is 34.8 Å². The van der Waals surface area contributed by atoms with Crippen molar-refractivity contribution >= 4 is 47.9 Å². The Morgan fingerprint density at radius 3 is 2.16 bits per heavy atom. The Labute approximate surface area is 250 Å². The molecule has 0 saturated carbocycles. The molecule has 2 aromatic carbocycles. The highest BCUT2D eigenvalue weighted by molar-refractivity contribution is 7.93. The average Bonchev–Trinajstić information content (AvgIpc) is 2.95. The Bertz CT molecular complexity index is 1850. The number of aromatic nitrogens is 2. The fraction of sp³-hybridized carbons (Fsp3) is 0.280. The summed E-state index contributed by atoms with van der Waals surface area (Å²) in [6.45, 7) is 3.53. The molecule has 15 nitrogen and oxygen atoms in total. The van der Waals surface area contributed by atoms with E-state index in [0.29, 0.717) is 17.1 Å². The third-order valence-corrected chi connectivity index (χ3v) is 10.3. The third kappa shape index (κ3) is 7.90. The van der Waals surface area contributed by atoms with Gasteiger partial charge >= 0.3 is 5.97 Å². The molecule has 232 valence electrons. The van der Waals surface area contributed by atoms with Crippen LogP contribution in [-0.2, 0) is 34.8 Å². The number of nitrogens with zero attached hydrogens (tertiary/aromatic N) is 5. The van der Waals surface area contributed by atoms with Gasteiger partial charge in [0.05, 0.1) is 17.1 Å². The molecule has 1 heterocycles. The summed E-state index contributed by atoms with van der Waals surface area (Å²) in [5, 5.41) is 0.488. The van der Waals surface area contributed by atoms with Gasteiger partial charge in [0, 0.05) is 26.0 Å². The lowest BCUT2D eigenvalue weighted by Crippen LogP contribution is -2.51. The van der Waals surface area contributed by atoms with Crippen molar-refractivity contribution in [2.75, 3.05) is 25.7 Å². The number of sulfonamides is 3. The van der Waals surface area contributed by atoms with Gasteiger partial charge in [-0.15, -0.1) is 9.23 Å². The van der Waals surface area contributed by atoms with Crippen LogP contribution in [0.5, 0.6) is 0 Å². The lowest BCUT2D eigenvalue weighted by molar-refractivity contribution is 0.0495. The summed E-state index contributed by atoms with van der Waals surface area (Å²) in [5.41, 5.74) is 6.11. The van der Waals surface area contributed by atoms with Gasteiger partial charge in [0.15, 0.2) is 0 Å². The van der Waals surface area contributed by atoms with E-state index in [-0.39, 0.29) is 12.2 Å². The quantitative estimate of drug-likeness (QED) is 0.0934. The zero-order valence-corrected chi connectivity index (χ0v) is 26.1. The van der Waals surface area contributed by atoms with E-state index in [0.717, 1.165) is 28.9 Å². The maximum Gasteiger partial charge on any atom is 0.339 e. The van der Waals surface area contributed by atoms with Crippen LogP contribution in [0.3, 0.4) is 0 Å². The Morgan fingerprint density at radius 2 is 1.56 bits per heavy atom. The molecule has 3 aromatic rings. The second-order valence-electron chi connectivity index (χ2n) is 9.07. The van der Waals surface area contributed by atoms with Crippen LogP contribution in [0.2, 0.25) is 0 Å². The molecule has 0 spiro atoms. The summed E-state index contributed by atoms with van der Waals surface area (Å²) in [4.78, 5) is 21.0. The zero-order chi connectivity index (χ0) is 32.0. The van der Waals surface area contributed by atoms with Gasteiger partial charge in [-0.25, -0.2) is 35.9 Å².